The molecule has 4 rings (SSSR count). The molecule has 0 radical (unpaired) electrons. The molecule has 0 spiro atoms. The number of amides is 2. The van der Waals surface area contributed by atoms with Crippen molar-refractivity contribution in [1.82, 2.24) is 4.98 Å². The van der Waals surface area contributed by atoms with E-state index in [0.29, 0.717) is 24.9 Å². The molecular formula is C17H17N3O3S. The lowest BCUT2D eigenvalue weighted by atomic mass is 10.1. The fourth-order valence-electron chi connectivity index (χ4n) is 3.03. The van der Waals surface area contributed by atoms with Crippen molar-refractivity contribution in [3.05, 3.63) is 40.9 Å². The number of aromatic nitrogens is 1. The maximum atomic E-state index is 12.5. The van der Waals surface area contributed by atoms with Gasteiger partial charge in [0.05, 0.1) is 29.7 Å². The Morgan fingerprint density at radius 2 is 2.17 bits per heavy atom. The number of carbonyl (C=O) groups excluding carboxylic acids is 2. The number of para-hydroxylation sites is 1. The molecule has 7 heteroatoms. The number of fused-ring (bicyclic) bond motifs is 1. The van der Waals surface area contributed by atoms with Gasteiger partial charge in [-0.1, -0.05) is 29.5 Å². The highest BCUT2D eigenvalue weighted by Crippen LogP contribution is 2.29. The van der Waals surface area contributed by atoms with Crippen LogP contribution in [0.4, 0.5) is 10.8 Å². The van der Waals surface area contributed by atoms with E-state index in [-0.39, 0.29) is 24.2 Å². The van der Waals surface area contributed by atoms with Crippen LogP contribution < -0.4 is 10.2 Å². The maximum absolute atomic E-state index is 12.5. The van der Waals surface area contributed by atoms with Crippen LogP contribution in [-0.2, 0) is 27.4 Å². The van der Waals surface area contributed by atoms with Crippen LogP contribution in [0, 0.1) is 5.92 Å². The van der Waals surface area contributed by atoms with Crippen LogP contribution in [0.2, 0.25) is 0 Å². The predicted octanol–water partition coefficient (Wildman–Crippen LogP) is 2.21. The van der Waals surface area contributed by atoms with Crippen molar-refractivity contribution in [2.45, 2.75) is 19.4 Å². The molecule has 2 aliphatic rings. The van der Waals surface area contributed by atoms with Gasteiger partial charge in [-0.2, -0.15) is 0 Å². The summed E-state index contributed by atoms with van der Waals surface area (Å²) in [7, 11) is 0. The van der Waals surface area contributed by atoms with Gasteiger partial charge in [0.1, 0.15) is 0 Å². The topological polar surface area (TPSA) is 71.5 Å². The van der Waals surface area contributed by atoms with Crippen molar-refractivity contribution in [2.24, 2.45) is 5.92 Å². The molecule has 1 aromatic carbocycles. The van der Waals surface area contributed by atoms with Gasteiger partial charge in [-0.25, -0.2) is 4.98 Å². The van der Waals surface area contributed by atoms with Gasteiger partial charge >= 0.3 is 0 Å². The number of hydrogen-bond acceptors (Lipinski definition) is 5. The summed E-state index contributed by atoms with van der Waals surface area (Å²) in [5.74, 6) is -0.517. The molecular weight excluding hydrogens is 326 g/mol. The molecule has 1 N–H and O–H groups in total. The lowest BCUT2D eigenvalue weighted by molar-refractivity contribution is -0.122. The van der Waals surface area contributed by atoms with E-state index in [0.717, 1.165) is 22.7 Å². The Balaban J connectivity index is 1.44. The van der Waals surface area contributed by atoms with Crippen LogP contribution in [0.15, 0.2) is 30.3 Å². The highest BCUT2D eigenvalue weighted by atomic mass is 32.1. The lowest BCUT2D eigenvalue weighted by Crippen LogP contribution is -2.28. The molecule has 0 bridgehead atoms. The first kappa shape index (κ1) is 15.3. The summed E-state index contributed by atoms with van der Waals surface area (Å²) in [4.78, 5) is 31.9. The molecule has 3 heterocycles. The molecule has 1 saturated heterocycles. The van der Waals surface area contributed by atoms with Crippen LogP contribution >= 0.6 is 11.3 Å². The minimum absolute atomic E-state index is 0.0202. The van der Waals surface area contributed by atoms with Gasteiger partial charge in [0.25, 0.3) is 0 Å². The average Bonchev–Trinajstić information content (AvgIpc) is 3.18. The second-order valence-electron chi connectivity index (χ2n) is 5.92. The molecule has 6 nitrogen and oxygen atoms in total. The number of nitrogens with one attached hydrogen (secondary N) is 1. The Bertz CT molecular complexity index is 751. The fourth-order valence-corrected chi connectivity index (χ4v) is 3.98. The summed E-state index contributed by atoms with van der Waals surface area (Å²) in [5, 5.41) is 3.47. The summed E-state index contributed by atoms with van der Waals surface area (Å²) in [6.07, 6.45) is 1.01. The van der Waals surface area contributed by atoms with E-state index in [1.165, 1.54) is 11.3 Å². The third kappa shape index (κ3) is 2.92. The standard InChI is InChI=1S/C17H17N3O3S/c21-15-8-11(9-20(15)12-4-2-1-3-5-12)16(22)19-17-18-13-6-7-23-10-14(13)24-17/h1-5,11H,6-10H2,(H,18,19,22). The zero-order valence-corrected chi connectivity index (χ0v) is 13.8. The third-order valence-electron chi connectivity index (χ3n) is 4.29. The molecule has 0 aliphatic carbocycles. The molecule has 2 aromatic rings. The summed E-state index contributed by atoms with van der Waals surface area (Å²) in [6, 6.07) is 9.44. The minimum atomic E-state index is -0.352. The van der Waals surface area contributed by atoms with Crippen LogP contribution in [-0.4, -0.2) is 29.9 Å². The summed E-state index contributed by atoms with van der Waals surface area (Å²) in [5.41, 5.74) is 1.84. The van der Waals surface area contributed by atoms with Gasteiger partial charge in [0.2, 0.25) is 11.8 Å². The van der Waals surface area contributed by atoms with Crippen molar-refractivity contribution in [1.29, 1.82) is 0 Å². The van der Waals surface area contributed by atoms with E-state index in [4.69, 9.17) is 4.74 Å². The van der Waals surface area contributed by atoms with Crippen molar-refractivity contribution < 1.29 is 14.3 Å². The molecule has 1 aromatic heterocycles. The normalized spacial score (nSPS) is 20.1. The van der Waals surface area contributed by atoms with E-state index in [1.807, 2.05) is 30.3 Å². The number of benzene rings is 1. The van der Waals surface area contributed by atoms with E-state index >= 15 is 0 Å². The Hall–Kier alpha value is -2.25. The summed E-state index contributed by atoms with van der Waals surface area (Å²) >= 11 is 1.45. The van der Waals surface area contributed by atoms with Gasteiger partial charge in [0.15, 0.2) is 5.13 Å². The molecule has 1 atom stereocenters. The molecule has 2 aliphatic heterocycles. The van der Waals surface area contributed by atoms with Gasteiger partial charge in [-0.15, -0.1) is 0 Å². The molecule has 1 unspecified atom stereocenters. The molecule has 0 saturated carbocycles. The van der Waals surface area contributed by atoms with Crippen LogP contribution in [0.5, 0.6) is 0 Å². The smallest absolute Gasteiger partial charge is 0.231 e. The van der Waals surface area contributed by atoms with Gasteiger partial charge in [-0.3, -0.25) is 9.59 Å². The SMILES string of the molecule is O=C(Nc1nc2c(s1)COCC2)C1CC(=O)N(c2ccccc2)C1. The fraction of sp³-hybridized carbons (Fsp3) is 0.353. The highest BCUT2D eigenvalue weighted by Gasteiger charge is 2.35. The van der Waals surface area contributed by atoms with Crippen LogP contribution in [0.25, 0.3) is 0 Å². The maximum Gasteiger partial charge on any atom is 0.231 e. The first-order chi connectivity index (χ1) is 11.7. The lowest BCUT2D eigenvalue weighted by Gasteiger charge is -2.16. The minimum Gasteiger partial charge on any atom is -0.375 e. The van der Waals surface area contributed by atoms with E-state index < -0.39 is 0 Å². The van der Waals surface area contributed by atoms with Gasteiger partial charge < -0.3 is 15.0 Å². The molecule has 124 valence electrons. The number of hydrogen-bond donors (Lipinski definition) is 1. The van der Waals surface area contributed by atoms with Crippen molar-refractivity contribution >= 4 is 34.0 Å². The van der Waals surface area contributed by atoms with Crippen molar-refractivity contribution in [3.8, 4) is 0 Å². The molecule has 1 fully saturated rings. The van der Waals surface area contributed by atoms with Crippen LogP contribution in [0.3, 0.4) is 0 Å². The average molecular weight is 343 g/mol. The second kappa shape index (κ2) is 6.33. The van der Waals surface area contributed by atoms with Crippen molar-refractivity contribution in [3.63, 3.8) is 0 Å². The first-order valence-corrected chi connectivity index (χ1v) is 8.75. The van der Waals surface area contributed by atoms with E-state index in [1.54, 1.807) is 4.90 Å². The Morgan fingerprint density at radius 3 is 2.96 bits per heavy atom. The summed E-state index contributed by atoms with van der Waals surface area (Å²) < 4.78 is 5.40. The first-order valence-electron chi connectivity index (χ1n) is 7.93. The number of carbonyl (C=O) groups is 2. The number of anilines is 2. The van der Waals surface area contributed by atoms with Crippen molar-refractivity contribution in [2.75, 3.05) is 23.4 Å². The Morgan fingerprint density at radius 1 is 1.33 bits per heavy atom. The zero-order valence-electron chi connectivity index (χ0n) is 13.0. The van der Waals surface area contributed by atoms with Crippen LogP contribution in [0.1, 0.15) is 17.0 Å². The zero-order chi connectivity index (χ0) is 16.5. The number of rotatable bonds is 3. The molecule has 24 heavy (non-hydrogen) atoms. The Labute approximate surface area is 143 Å². The van der Waals surface area contributed by atoms with Gasteiger partial charge in [0, 0.05) is 25.1 Å². The second-order valence-corrected chi connectivity index (χ2v) is 7.01. The number of ether oxygens (including phenoxy) is 1. The predicted molar refractivity (Wildman–Crippen MR) is 91.0 cm³/mol. The monoisotopic (exact) mass is 343 g/mol. The Kier molecular flexibility index (Phi) is 4.03. The highest BCUT2D eigenvalue weighted by molar-refractivity contribution is 7.15. The third-order valence-corrected chi connectivity index (χ3v) is 5.28. The quantitative estimate of drug-likeness (QED) is 0.927. The molecule has 2 amide bonds. The van der Waals surface area contributed by atoms with E-state index in [9.17, 15) is 9.59 Å². The van der Waals surface area contributed by atoms with E-state index in [2.05, 4.69) is 10.3 Å². The number of nitrogens with zero attached hydrogens (tertiary/aromatic N) is 2. The largest absolute Gasteiger partial charge is 0.375 e. The summed E-state index contributed by atoms with van der Waals surface area (Å²) in [6.45, 7) is 1.64. The van der Waals surface area contributed by atoms with Gasteiger partial charge in [-0.05, 0) is 12.1 Å². The number of thiazole rings is 1.